The van der Waals surface area contributed by atoms with Crippen LogP contribution in [0.25, 0.3) is 10.9 Å². The third-order valence-electron chi connectivity index (χ3n) is 5.80. The molecule has 4 rings (SSSR count). The standard InChI is InChI=1S/C27H30N4OS/c1-18-13-19(2)15-22(14-18)30-27(33)31(17-21-7-5-6-11-28-21)12-10-24-20(3)29-26-9-8-23(32-4)16-25(24)26/h5-9,11,13-16,29H,10,12,17H2,1-4H3,(H,30,33). The molecule has 0 amide bonds. The molecule has 4 aromatic rings. The molecule has 0 atom stereocenters. The zero-order valence-electron chi connectivity index (χ0n) is 19.6. The fourth-order valence-electron chi connectivity index (χ4n) is 4.25. The van der Waals surface area contributed by atoms with Crippen molar-refractivity contribution in [2.24, 2.45) is 0 Å². The Labute approximate surface area is 200 Å². The summed E-state index contributed by atoms with van der Waals surface area (Å²) in [6.07, 6.45) is 2.67. The number of nitrogens with zero attached hydrogens (tertiary/aromatic N) is 2. The zero-order valence-corrected chi connectivity index (χ0v) is 20.4. The molecule has 0 saturated heterocycles. The fourth-order valence-corrected chi connectivity index (χ4v) is 4.52. The van der Waals surface area contributed by atoms with E-state index in [9.17, 15) is 0 Å². The zero-order chi connectivity index (χ0) is 23.4. The second-order valence-corrected chi connectivity index (χ2v) is 8.83. The quantitative estimate of drug-likeness (QED) is 0.336. The first-order valence-electron chi connectivity index (χ1n) is 11.1. The Morgan fingerprint density at radius 3 is 2.55 bits per heavy atom. The third kappa shape index (κ3) is 5.52. The first-order valence-corrected chi connectivity index (χ1v) is 11.5. The Hall–Kier alpha value is -3.38. The molecule has 0 fully saturated rings. The van der Waals surface area contributed by atoms with Crippen LogP contribution in [0.15, 0.2) is 60.8 Å². The van der Waals surface area contributed by atoms with Crippen LogP contribution >= 0.6 is 12.2 Å². The summed E-state index contributed by atoms with van der Waals surface area (Å²) in [5.74, 6) is 0.861. The van der Waals surface area contributed by atoms with Gasteiger partial charge < -0.3 is 19.9 Å². The van der Waals surface area contributed by atoms with Crippen LogP contribution in [0.3, 0.4) is 0 Å². The third-order valence-corrected chi connectivity index (χ3v) is 6.16. The molecule has 2 heterocycles. The van der Waals surface area contributed by atoms with Crippen molar-refractivity contribution in [3.05, 3.63) is 88.9 Å². The Morgan fingerprint density at radius 1 is 1.06 bits per heavy atom. The van der Waals surface area contributed by atoms with Gasteiger partial charge in [-0.15, -0.1) is 0 Å². The number of H-pyrrole nitrogens is 1. The number of thiocarbonyl (C=S) groups is 1. The van der Waals surface area contributed by atoms with Crippen LogP contribution in [0.2, 0.25) is 0 Å². The van der Waals surface area contributed by atoms with Crippen molar-refractivity contribution in [2.75, 3.05) is 19.0 Å². The smallest absolute Gasteiger partial charge is 0.173 e. The number of ether oxygens (including phenoxy) is 1. The van der Waals surface area contributed by atoms with Crippen molar-refractivity contribution in [1.82, 2.24) is 14.9 Å². The highest BCUT2D eigenvalue weighted by molar-refractivity contribution is 7.80. The summed E-state index contributed by atoms with van der Waals surface area (Å²) in [5.41, 5.74) is 7.99. The maximum absolute atomic E-state index is 5.87. The summed E-state index contributed by atoms with van der Waals surface area (Å²) in [4.78, 5) is 10.2. The SMILES string of the molecule is COc1ccc2[nH]c(C)c(CCN(Cc3ccccn3)C(=S)Nc3cc(C)cc(C)c3)c2c1. The predicted molar refractivity (Wildman–Crippen MR) is 140 cm³/mol. The van der Waals surface area contributed by atoms with Gasteiger partial charge in [0.1, 0.15) is 5.75 Å². The molecule has 33 heavy (non-hydrogen) atoms. The lowest BCUT2D eigenvalue weighted by molar-refractivity contribution is 0.415. The van der Waals surface area contributed by atoms with Crippen molar-refractivity contribution in [2.45, 2.75) is 33.7 Å². The lowest BCUT2D eigenvalue weighted by Crippen LogP contribution is -2.36. The number of benzene rings is 2. The van der Waals surface area contributed by atoms with Gasteiger partial charge in [0.05, 0.1) is 19.3 Å². The van der Waals surface area contributed by atoms with E-state index in [1.807, 2.05) is 30.5 Å². The Bertz CT molecular complexity index is 1250. The molecule has 0 unspecified atom stereocenters. The molecule has 0 aliphatic carbocycles. The van der Waals surface area contributed by atoms with E-state index >= 15 is 0 Å². The second-order valence-electron chi connectivity index (χ2n) is 8.44. The predicted octanol–water partition coefficient (Wildman–Crippen LogP) is 5.94. The molecule has 0 aliphatic rings. The van der Waals surface area contributed by atoms with E-state index in [0.29, 0.717) is 11.7 Å². The summed E-state index contributed by atoms with van der Waals surface area (Å²) >= 11 is 5.87. The molecular weight excluding hydrogens is 428 g/mol. The minimum absolute atomic E-state index is 0.641. The summed E-state index contributed by atoms with van der Waals surface area (Å²) in [7, 11) is 1.70. The summed E-state index contributed by atoms with van der Waals surface area (Å²) in [6, 6.07) is 18.5. The second kappa shape index (κ2) is 10.0. The first-order chi connectivity index (χ1) is 15.9. The van der Waals surface area contributed by atoms with E-state index in [1.165, 1.54) is 27.8 Å². The van der Waals surface area contributed by atoms with Crippen molar-refractivity contribution in [3.63, 3.8) is 0 Å². The number of aryl methyl sites for hydroxylation is 3. The van der Waals surface area contributed by atoms with Crippen LogP contribution in [0.1, 0.15) is 28.1 Å². The number of hydrogen-bond acceptors (Lipinski definition) is 3. The van der Waals surface area contributed by atoms with E-state index < -0.39 is 0 Å². The average molecular weight is 459 g/mol. The number of aromatic amines is 1. The van der Waals surface area contributed by atoms with E-state index in [4.69, 9.17) is 17.0 Å². The van der Waals surface area contributed by atoms with Gasteiger partial charge in [0.25, 0.3) is 0 Å². The summed E-state index contributed by atoms with van der Waals surface area (Å²) < 4.78 is 5.45. The normalized spacial score (nSPS) is 10.9. The molecule has 5 nitrogen and oxygen atoms in total. The number of methoxy groups -OCH3 is 1. The summed E-state index contributed by atoms with van der Waals surface area (Å²) in [6.45, 7) is 7.72. The lowest BCUT2D eigenvalue weighted by Gasteiger charge is -2.26. The molecule has 2 aromatic heterocycles. The van der Waals surface area contributed by atoms with Crippen LogP contribution < -0.4 is 10.1 Å². The minimum atomic E-state index is 0.641. The number of nitrogens with one attached hydrogen (secondary N) is 2. The van der Waals surface area contributed by atoms with E-state index in [0.717, 1.165) is 35.6 Å². The molecular formula is C27H30N4OS. The van der Waals surface area contributed by atoms with E-state index in [-0.39, 0.29) is 0 Å². The number of fused-ring (bicyclic) bond motifs is 1. The number of anilines is 1. The van der Waals surface area contributed by atoms with Gasteiger partial charge in [-0.1, -0.05) is 12.1 Å². The van der Waals surface area contributed by atoms with Crippen molar-refractivity contribution >= 4 is 33.9 Å². The van der Waals surface area contributed by atoms with Crippen LogP contribution in [-0.2, 0) is 13.0 Å². The molecule has 0 saturated carbocycles. The number of rotatable bonds is 7. The van der Waals surface area contributed by atoms with Gasteiger partial charge in [0.15, 0.2) is 5.11 Å². The van der Waals surface area contributed by atoms with Gasteiger partial charge in [-0.05, 0) is 98.6 Å². The molecule has 6 heteroatoms. The molecule has 170 valence electrons. The van der Waals surface area contributed by atoms with E-state index in [2.05, 4.69) is 71.3 Å². The van der Waals surface area contributed by atoms with Gasteiger partial charge in [0.2, 0.25) is 0 Å². The minimum Gasteiger partial charge on any atom is -0.497 e. The largest absolute Gasteiger partial charge is 0.497 e. The number of pyridine rings is 1. The van der Waals surface area contributed by atoms with Gasteiger partial charge in [-0.25, -0.2) is 0 Å². The lowest BCUT2D eigenvalue weighted by atomic mass is 10.1. The molecule has 0 spiro atoms. The highest BCUT2D eigenvalue weighted by Crippen LogP contribution is 2.27. The van der Waals surface area contributed by atoms with Gasteiger partial charge in [0, 0.05) is 35.0 Å². The Kier molecular flexibility index (Phi) is 6.94. The monoisotopic (exact) mass is 458 g/mol. The topological polar surface area (TPSA) is 53.2 Å². The molecule has 2 N–H and O–H groups in total. The molecule has 0 radical (unpaired) electrons. The highest BCUT2D eigenvalue weighted by atomic mass is 32.1. The van der Waals surface area contributed by atoms with Crippen LogP contribution in [0, 0.1) is 20.8 Å². The van der Waals surface area contributed by atoms with Crippen LogP contribution in [0.5, 0.6) is 5.75 Å². The molecule has 2 aromatic carbocycles. The first kappa shape index (κ1) is 22.8. The van der Waals surface area contributed by atoms with Crippen molar-refractivity contribution < 1.29 is 4.74 Å². The number of aromatic nitrogens is 2. The maximum Gasteiger partial charge on any atom is 0.173 e. The highest BCUT2D eigenvalue weighted by Gasteiger charge is 2.15. The molecule has 0 bridgehead atoms. The van der Waals surface area contributed by atoms with Gasteiger partial charge in [-0.2, -0.15) is 0 Å². The Balaban J connectivity index is 1.58. The van der Waals surface area contributed by atoms with Crippen molar-refractivity contribution in [1.29, 1.82) is 0 Å². The van der Waals surface area contributed by atoms with Gasteiger partial charge in [-0.3, -0.25) is 4.98 Å². The van der Waals surface area contributed by atoms with Crippen molar-refractivity contribution in [3.8, 4) is 5.75 Å². The van der Waals surface area contributed by atoms with E-state index in [1.54, 1.807) is 7.11 Å². The number of hydrogen-bond donors (Lipinski definition) is 2. The average Bonchev–Trinajstić information content (AvgIpc) is 3.10. The molecule has 0 aliphatic heterocycles. The maximum atomic E-state index is 5.87. The van der Waals surface area contributed by atoms with Gasteiger partial charge >= 0.3 is 0 Å². The fraction of sp³-hybridized carbons (Fsp3) is 0.259. The van der Waals surface area contributed by atoms with Crippen LogP contribution in [0.4, 0.5) is 5.69 Å². The summed E-state index contributed by atoms with van der Waals surface area (Å²) in [5, 5.41) is 5.33. The Morgan fingerprint density at radius 2 is 1.85 bits per heavy atom. The van der Waals surface area contributed by atoms with Crippen LogP contribution in [-0.4, -0.2) is 33.6 Å².